The van der Waals surface area contributed by atoms with Crippen LogP contribution in [0.4, 0.5) is 5.69 Å². The number of benzene rings is 1. The van der Waals surface area contributed by atoms with Gasteiger partial charge in [0, 0.05) is 11.3 Å². The molecule has 0 saturated heterocycles. The number of furan rings is 1. The smallest absolute Gasteiger partial charge is 0.339 e. The SMILES string of the molecule is COC(=O)c1ccccc1NC(C)c1ccoc1. The van der Waals surface area contributed by atoms with Crippen molar-refractivity contribution < 1.29 is 13.9 Å². The second kappa shape index (κ2) is 5.40. The van der Waals surface area contributed by atoms with Gasteiger partial charge in [0.15, 0.2) is 0 Å². The summed E-state index contributed by atoms with van der Waals surface area (Å²) in [6, 6.07) is 9.20. The quantitative estimate of drug-likeness (QED) is 0.840. The van der Waals surface area contributed by atoms with Crippen molar-refractivity contribution >= 4 is 11.7 Å². The molecule has 0 bridgehead atoms. The third-order valence-electron chi connectivity index (χ3n) is 2.75. The van der Waals surface area contributed by atoms with Gasteiger partial charge in [0.2, 0.25) is 0 Å². The number of carbonyl (C=O) groups excluding carboxylic acids is 1. The van der Waals surface area contributed by atoms with E-state index in [1.165, 1.54) is 7.11 Å². The first-order valence-electron chi connectivity index (χ1n) is 5.68. The van der Waals surface area contributed by atoms with Crippen LogP contribution in [-0.2, 0) is 4.74 Å². The van der Waals surface area contributed by atoms with Crippen LogP contribution in [0.5, 0.6) is 0 Å². The lowest BCUT2D eigenvalue weighted by molar-refractivity contribution is 0.0602. The largest absolute Gasteiger partial charge is 0.472 e. The van der Waals surface area contributed by atoms with Crippen molar-refractivity contribution in [3.05, 3.63) is 54.0 Å². The van der Waals surface area contributed by atoms with E-state index < -0.39 is 0 Å². The zero-order chi connectivity index (χ0) is 13.0. The summed E-state index contributed by atoms with van der Waals surface area (Å²) in [5.41, 5.74) is 2.29. The van der Waals surface area contributed by atoms with E-state index in [1.807, 2.05) is 25.1 Å². The highest BCUT2D eigenvalue weighted by molar-refractivity contribution is 5.95. The summed E-state index contributed by atoms with van der Waals surface area (Å²) in [6.45, 7) is 2.00. The molecule has 0 aliphatic rings. The topological polar surface area (TPSA) is 51.5 Å². The zero-order valence-corrected chi connectivity index (χ0v) is 10.3. The average Bonchev–Trinajstić information content (AvgIpc) is 2.92. The molecule has 18 heavy (non-hydrogen) atoms. The van der Waals surface area contributed by atoms with Crippen LogP contribution in [0, 0.1) is 0 Å². The Balaban J connectivity index is 2.21. The molecule has 0 fully saturated rings. The lowest BCUT2D eigenvalue weighted by Gasteiger charge is -2.15. The molecule has 94 valence electrons. The average molecular weight is 245 g/mol. The monoisotopic (exact) mass is 245 g/mol. The van der Waals surface area contributed by atoms with E-state index in [1.54, 1.807) is 24.7 Å². The van der Waals surface area contributed by atoms with Gasteiger partial charge in [0.25, 0.3) is 0 Å². The van der Waals surface area contributed by atoms with Gasteiger partial charge in [-0.2, -0.15) is 0 Å². The van der Waals surface area contributed by atoms with Crippen LogP contribution < -0.4 is 5.32 Å². The van der Waals surface area contributed by atoms with Crippen molar-refractivity contribution in [1.29, 1.82) is 0 Å². The van der Waals surface area contributed by atoms with Gasteiger partial charge in [-0.25, -0.2) is 4.79 Å². The van der Waals surface area contributed by atoms with Gasteiger partial charge in [-0.1, -0.05) is 12.1 Å². The van der Waals surface area contributed by atoms with Crippen LogP contribution >= 0.6 is 0 Å². The number of para-hydroxylation sites is 1. The first kappa shape index (κ1) is 12.2. The molecular weight excluding hydrogens is 230 g/mol. The van der Waals surface area contributed by atoms with E-state index in [2.05, 4.69) is 5.32 Å². The third kappa shape index (κ3) is 2.53. The fraction of sp³-hybridized carbons (Fsp3) is 0.214. The lowest BCUT2D eigenvalue weighted by atomic mass is 10.1. The van der Waals surface area contributed by atoms with Crippen LogP contribution in [0.3, 0.4) is 0 Å². The number of rotatable bonds is 4. The van der Waals surface area contributed by atoms with Crippen LogP contribution in [0.25, 0.3) is 0 Å². The van der Waals surface area contributed by atoms with Crippen molar-refractivity contribution in [2.75, 3.05) is 12.4 Å². The number of hydrogen-bond donors (Lipinski definition) is 1. The highest BCUT2D eigenvalue weighted by Crippen LogP contribution is 2.23. The summed E-state index contributed by atoms with van der Waals surface area (Å²) >= 11 is 0. The molecule has 1 aromatic heterocycles. The molecule has 2 aromatic rings. The van der Waals surface area contributed by atoms with Crippen LogP contribution in [0.1, 0.15) is 28.9 Å². The molecule has 0 spiro atoms. The van der Waals surface area contributed by atoms with Crippen molar-refractivity contribution in [3.63, 3.8) is 0 Å². The Morgan fingerprint density at radius 3 is 2.78 bits per heavy atom. The van der Waals surface area contributed by atoms with Gasteiger partial charge in [-0.05, 0) is 25.1 Å². The Kier molecular flexibility index (Phi) is 3.67. The molecule has 1 N–H and O–H groups in total. The van der Waals surface area contributed by atoms with Gasteiger partial charge in [-0.15, -0.1) is 0 Å². The van der Waals surface area contributed by atoms with Crippen molar-refractivity contribution in [1.82, 2.24) is 0 Å². The highest BCUT2D eigenvalue weighted by atomic mass is 16.5. The Morgan fingerprint density at radius 2 is 2.11 bits per heavy atom. The second-order valence-corrected chi connectivity index (χ2v) is 3.96. The van der Waals surface area contributed by atoms with Gasteiger partial charge in [-0.3, -0.25) is 0 Å². The number of ether oxygens (including phenoxy) is 1. The molecule has 0 saturated carbocycles. The first-order chi connectivity index (χ1) is 8.72. The molecule has 1 heterocycles. The minimum absolute atomic E-state index is 0.0505. The number of methoxy groups -OCH3 is 1. The molecule has 1 aromatic carbocycles. The van der Waals surface area contributed by atoms with E-state index in [-0.39, 0.29) is 12.0 Å². The van der Waals surface area contributed by atoms with Crippen LogP contribution in [0.2, 0.25) is 0 Å². The van der Waals surface area contributed by atoms with E-state index >= 15 is 0 Å². The Bertz CT molecular complexity index is 520. The number of anilines is 1. The van der Waals surface area contributed by atoms with E-state index in [0.717, 1.165) is 11.3 Å². The highest BCUT2D eigenvalue weighted by Gasteiger charge is 2.13. The summed E-state index contributed by atoms with van der Waals surface area (Å²) in [4.78, 5) is 11.6. The summed E-state index contributed by atoms with van der Waals surface area (Å²) in [7, 11) is 1.37. The maximum Gasteiger partial charge on any atom is 0.339 e. The fourth-order valence-electron chi connectivity index (χ4n) is 1.73. The first-order valence-corrected chi connectivity index (χ1v) is 5.68. The number of esters is 1. The Morgan fingerprint density at radius 1 is 1.33 bits per heavy atom. The number of hydrogen-bond acceptors (Lipinski definition) is 4. The third-order valence-corrected chi connectivity index (χ3v) is 2.75. The molecule has 0 amide bonds. The van der Waals surface area contributed by atoms with E-state index in [4.69, 9.17) is 9.15 Å². The minimum Gasteiger partial charge on any atom is -0.472 e. The Labute approximate surface area is 106 Å². The summed E-state index contributed by atoms with van der Waals surface area (Å²) < 4.78 is 9.79. The Hall–Kier alpha value is -2.23. The standard InChI is InChI=1S/C14H15NO3/c1-10(11-7-8-18-9-11)15-13-6-4-3-5-12(13)14(16)17-2/h3-10,15H,1-2H3. The predicted molar refractivity (Wildman–Crippen MR) is 68.5 cm³/mol. The van der Waals surface area contributed by atoms with Gasteiger partial charge in [0.1, 0.15) is 0 Å². The second-order valence-electron chi connectivity index (χ2n) is 3.96. The van der Waals surface area contributed by atoms with Gasteiger partial charge in [0.05, 0.1) is 31.2 Å². The lowest BCUT2D eigenvalue weighted by Crippen LogP contribution is -2.11. The molecule has 2 rings (SSSR count). The van der Waals surface area contributed by atoms with Crippen molar-refractivity contribution in [3.8, 4) is 0 Å². The van der Waals surface area contributed by atoms with Gasteiger partial charge >= 0.3 is 5.97 Å². The fourth-order valence-corrected chi connectivity index (χ4v) is 1.73. The van der Waals surface area contributed by atoms with Crippen LogP contribution in [0.15, 0.2) is 47.3 Å². The summed E-state index contributed by atoms with van der Waals surface area (Å²) in [5.74, 6) is -0.350. The normalized spacial score (nSPS) is 11.9. The summed E-state index contributed by atoms with van der Waals surface area (Å²) in [6.07, 6.45) is 3.30. The zero-order valence-electron chi connectivity index (χ0n) is 10.3. The molecule has 1 atom stereocenters. The predicted octanol–water partition coefficient (Wildman–Crippen LogP) is 3.24. The summed E-state index contributed by atoms with van der Waals surface area (Å²) in [5, 5.41) is 3.27. The van der Waals surface area contributed by atoms with Crippen molar-refractivity contribution in [2.45, 2.75) is 13.0 Å². The maximum atomic E-state index is 11.6. The van der Waals surface area contributed by atoms with Crippen LogP contribution in [-0.4, -0.2) is 13.1 Å². The number of nitrogens with one attached hydrogen (secondary N) is 1. The van der Waals surface area contributed by atoms with Crippen molar-refractivity contribution in [2.24, 2.45) is 0 Å². The van der Waals surface area contributed by atoms with E-state index in [0.29, 0.717) is 5.56 Å². The molecular formula is C14H15NO3. The number of carbonyl (C=O) groups is 1. The molecule has 4 nitrogen and oxygen atoms in total. The van der Waals surface area contributed by atoms with Gasteiger partial charge < -0.3 is 14.5 Å². The molecule has 0 aliphatic carbocycles. The van der Waals surface area contributed by atoms with E-state index in [9.17, 15) is 4.79 Å². The maximum absolute atomic E-state index is 11.6. The molecule has 4 heteroatoms. The molecule has 0 aliphatic heterocycles. The molecule has 0 radical (unpaired) electrons. The minimum atomic E-state index is -0.350. The molecule has 1 unspecified atom stereocenters.